The van der Waals surface area contributed by atoms with Crippen LogP contribution in [0, 0.1) is 25.2 Å². The standard InChI is InChI=1S/C26H26ClN3O5S/c1-4-9-30(32)36(33,34)23-7-8-24(18(3)10-23)29-26(31)14-19-6-5-17(2)25(13-19)35-22-12-20(16-28)11-21(27)15-22/h5-8,10-13,15,32H,4,9,14H2,1-3H3,(H,29,31). The van der Waals surface area contributed by atoms with E-state index in [2.05, 4.69) is 5.32 Å². The van der Waals surface area contributed by atoms with Crippen molar-refractivity contribution in [2.75, 3.05) is 11.9 Å². The summed E-state index contributed by atoms with van der Waals surface area (Å²) in [5.41, 5.74) is 2.91. The normalized spacial score (nSPS) is 11.2. The van der Waals surface area contributed by atoms with Gasteiger partial charge in [0, 0.05) is 17.3 Å². The molecule has 188 valence electrons. The summed E-state index contributed by atoms with van der Waals surface area (Å²) in [6.45, 7) is 5.28. The lowest BCUT2D eigenvalue weighted by Crippen LogP contribution is -2.28. The lowest BCUT2D eigenvalue weighted by molar-refractivity contribution is -0.115. The molecule has 0 saturated carbocycles. The van der Waals surface area contributed by atoms with Crippen molar-refractivity contribution in [1.82, 2.24) is 4.47 Å². The number of nitrogens with one attached hydrogen (secondary N) is 1. The van der Waals surface area contributed by atoms with Crippen molar-refractivity contribution >= 4 is 33.2 Å². The highest BCUT2D eigenvalue weighted by Gasteiger charge is 2.23. The summed E-state index contributed by atoms with van der Waals surface area (Å²) in [4.78, 5) is 12.7. The van der Waals surface area contributed by atoms with Crippen molar-refractivity contribution in [2.24, 2.45) is 0 Å². The number of carbonyl (C=O) groups excluding carboxylic acids is 1. The first-order chi connectivity index (χ1) is 17.0. The number of nitriles is 1. The van der Waals surface area contributed by atoms with Crippen molar-refractivity contribution in [3.05, 3.63) is 81.9 Å². The fourth-order valence-electron chi connectivity index (χ4n) is 3.43. The molecule has 0 atom stereocenters. The molecule has 0 radical (unpaired) electrons. The van der Waals surface area contributed by atoms with Crippen LogP contribution in [0.5, 0.6) is 11.5 Å². The van der Waals surface area contributed by atoms with E-state index in [1.807, 2.05) is 25.1 Å². The highest BCUT2D eigenvalue weighted by Crippen LogP contribution is 2.29. The third-order valence-electron chi connectivity index (χ3n) is 5.31. The zero-order valence-corrected chi connectivity index (χ0v) is 21.7. The monoisotopic (exact) mass is 527 g/mol. The van der Waals surface area contributed by atoms with E-state index in [9.17, 15) is 18.4 Å². The predicted molar refractivity (Wildman–Crippen MR) is 137 cm³/mol. The van der Waals surface area contributed by atoms with Gasteiger partial charge in [0.05, 0.1) is 22.9 Å². The molecule has 10 heteroatoms. The molecule has 2 N–H and O–H groups in total. The van der Waals surface area contributed by atoms with Crippen LogP contribution >= 0.6 is 11.6 Å². The van der Waals surface area contributed by atoms with Gasteiger partial charge in [0.15, 0.2) is 0 Å². The Morgan fingerprint density at radius 1 is 1.11 bits per heavy atom. The molecule has 3 rings (SSSR count). The lowest BCUT2D eigenvalue weighted by Gasteiger charge is -2.16. The van der Waals surface area contributed by atoms with E-state index in [1.54, 1.807) is 32.0 Å². The number of carbonyl (C=O) groups is 1. The number of halogens is 1. The van der Waals surface area contributed by atoms with Gasteiger partial charge in [-0.15, -0.1) is 0 Å². The first kappa shape index (κ1) is 27.2. The molecule has 3 aromatic rings. The van der Waals surface area contributed by atoms with Crippen LogP contribution in [-0.4, -0.2) is 30.5 Å². The second-order valence-electron chi connectivity index (χ2n) is 8.24. The van der Waals surface area contributed by atoms with Crippen LogP contribution in [0.15, 0.2) is 59.5 Å². The number of aryl methyl sites for hydroxylation is 2. The molecule has 0 aliphatic carbocycles. The van der Waals surface area contributed by atoms with Crippen LogP contribution in [0.4, 0.5) is 5.69 Å². The van der Waals surface area contributed by atoms with Gasteiger partial charge in [-0.2, -0.15) is 5.26 Å². The Morgan fingerprint density at radius 2 is 1.86 bits per heavy atom. The van der Waals surface area contributed by atoms with Gasteiger partial charge in [-0.05, 0) is 79.4 Å². The van der Waals surface area contributed by atoms with Gasteiger partial charge in [-0.1, -0.05) is 35.1 Å². The van der Waals surface area contributed by atoms with Gasteiger partial charge in [0.25, 0.3) is 10.0 Å². The van der Waals surface area contributed by atoms with E-state index in [1.165, 1.54) is 24.3 Å². The van der Waals surface area contributed by atoms with Crippen LogP contribution in [0.1, 0.15) is 35.6 Å². The van der Waals surface area contributed by atoms with Gasteiger partial charge in [0.1, 0.15) is 11.5 Å². The maximum atomic E-state index is 12.7. The Labute approximate surface area is 215 Å². The molecule has 0 aliphatic rings. The molecular formula is C26H26ClN3O5S. The second kappa shape index (κ2) is 11.5. The largest absolute Gasteiger partial charge is 0.457 e. The van der Waals surface area contributed by atoms with E-state index < -0.39 is 10.0 Å². The molecular weight excluding hydrogens is 502 g/mol. The fourth-order valence-corrected chi connectivity index (χ4v) is 4.88. The summed E-state index contributed by atoms with van der Waals surface area (Å²) in [6.07, 6.45) is 0.519. The molecule has 0 aliphatic heterocycles. The van der Waals surface area contributed by atoms with Gasteiger partial charge in [-0.3, -0.25) is 10.0 Å². The highest BCUT2D eigenvalue weighted by molar-refractivity contribution is 7.89. The molecule has 0 bridgehead atoms. The Morgan fingerprint density at radius 3 is 2.53 bits per heavy atom. The van der Waals surface area contributed by atoms with Crippen LogP contribution in [-0.2, 0) is 21.2 Å². The molecule has 3 aromatic carbocycles. The van der Waals surface area contributed by atoms with Crippen LogP contribution in [0.2, 0.25) is 5.02 Å². The molecule has 0 saturated heterocycles. The highest BCUT2D eigenvalue weighted by atomic mass is 35.5. The fraction of sp³-hybridized carbons (Fsp3) is 0.231. The lowest BCUT2D eigenvalue weighted by atomic mass is 10.1. The Hall–Kier alpha value is -3.42. The Kier molecular flexibility index (Phi) is 8.71. The molecule has 0 unspecified atom stereocenters. The van der Waals surface area contributed by atoms with Crippen molar-refractivity contribution in [2.45, 2.75) is 38.5 Å². The van der Waals surface area contributed by atoms with Gasteiger partial charge in [0.2, 0.25) is 5.91 Å². The van der Waals surface area contributed by atoms with Crippen molar-refractivity contribution in [3.8, 4) is 17.6 Å². The maximum absolute atomic E-state index is 12.7. The number of rotatable bonds is 9. The summed E-state index contributed by atoms with van der Waals surface area (Å²) in [5.74, 6) is 0.639. The summed E-state index contributed by atoms with van der Waals surface area (Å²) in [7, 11) is -4.02. The first-order valence-corrected chi connectivity index (χ1v) is 13.0. The van der Waals surface area contributed by atoms with Crippen molar-refractivity contribution in [3.63, 3.8) is 0 Å². The van der Waals surface area contributed by atoms with E-state index in [0.29, 0.717) is 49.8 Å². The number of amides is 1. The topological polar surface area (TPSA) is 120 Å². The minimum absolute atomic E-state index is 0.0150. The molecule has 0 fully saturated rings. The smallest absolute Gasteiger partial charge is 0.264 e. The number of ether oxygens (including phenoxy) is 1. The van der Waals surface area contributed by atoms with Crippen LogP contribution in [0.25, 0.3) is 0 Å². The minimum atomic E-state index is -4.02. The SMILES string of the molecule is CCCN(O)S(=O)(=O)c1ccc(NC(=O)Cc2ccc(C)c(Oc3cc(Cl)cc(C#N)c3)c2)c(C)c1. The van der Waals surface area contributed by atoms with E-state index in [4.69, 9.17) is 21.6 Å². The summed E-state index contributed by atoms with van der Waals surface area (Å²) in [6, 6.07) is 16.4. The Balaban J connectivity index is 1.73. The summed E-state index contributed by atoms with van der Waals surface area (Å²) < 4.78 is 31.1. The number of hydroxylamine groups is 1. The zero-order valence-electron chi connectivity index (χ0n) is 20.1. The quantitative estimate of drug-likeness (QED) is 0.350. The molecule has 0 heterocycles. The third-order valence-corrected chi connectivity index (χ3v) is 7.11. The van der Waals surface area contributed by atoms with Crippen LogP contribution < -0.4 is 10.1 Å². The second-order valence-corrected chi connectivity index (χ2v) is 10.5. The van der Waals surface area contributed by atoms with Crippen LogP contribution in [0.3, 0.4) is 0 Å². The zero-order chi connectivity index (χ0) is 26.5. The average molecular weight is 528 g/mol. The summed E-state index contributed by atoms with van der Waals surface area (Å²) >= 11 is 6.06. The van der Waals surface area contributed by atoms with E-state index in [0.717, 1.165) is 5.56 Å². The van der Waals surface area contributed by atoms with Gasteiger partial charge in [-0.25, -0.2) is 8.42 Å². The minimum Gasteiger partial charge on any atom is -0.457 e. The molecule has 0 spiro atoms. The molecule has 8 nitrogen and oxygen atoms in total. The molecule has 0 aromatic heterocycles. The first-order valence-electron chi connectivity index (χ1n) is 11.1. The molecule has 1 amide bonds. The average Bonchev–Trinajstić information content (AvgIpc) is 2.82. The number of benzene rings is 3. The van der Waals surface area contributed by atoms with Gasteiger partial charge >= 0.3 is 0 Å². The number of hydrogen-bond acceptors (Lipinski definition) is 6. The van der Waals surface area contributed by atoms with Gasteiger partial charge < -0.3 is 10.1 Å². The van der Waals surface area contributed by atoms with Crippen molar-refractivity contribution in [1.29, 1.82) is 5.26 Å². The van der Waals surface area contributed by atoms with Crippen molar-refractivity contribution < 1.29 is 23.2 Å². The number of anilines is 1. The molecule has 36 heavy (non-hydrogen) atoms. The number of nitrogens with zero attached hydrogens (tertiary/aromatic N) is 2. The van der Waals surface area contributed by atoms with E-state index >= 15 is 0 Å². The maximum Gasteiger partial charge on any atom is 0.264 e. The Bertz CT molecular complexity index is 1430. The van der Waals surface area contributed by atoms with E-state index in [-0.39, 0.29) is 23.8 Å². The number of hydrogen-bond donors (Lipinski definition) is 2. The predicted octanol–water partition coefficient (Wildman–Crippen LogP) is 5.59. The number of sulfonamides is 1. The third kappa shape index (κ3) is 6.62. The summed E-state index contributed by atoms with van der Waals surface area (Å²) in [5, 5.41) is 22.1.